The van der Waals surface area contributed by atoms with Crippen LogP contribution in [0.5, 0.6) is 17.2 Å². The molecule has 5 nitrogen and oxygen atoms in total. The van der Waals surface area contributed by atoms with Gasteiger partial charge in [-0.25, -0.2) is 4.39 Å². The molecule has 144 valence electrons. The van der Waals surface area contributed by atoms with E-state index in [1.807, 2.05) is 0 Å². The van der Waals surface area contributed by atoms with Gasteiger partial charge in [-0.15, -0.1) is 0 Å². The normalized spacial score (nSPS) is 10.4. The number of aromatic nitrogens is 1. The molecule has 1 N–H and O–H groups in total. The summed E-state index contributed by atoms with van der Waals surface area (Å²) in [6.07, 6.45) is 3.09. The Hall–Kier alpha value is -2.83. The van der Waals surface area contributed by atoms with E-state index in [-0.39, 0.29) is 24.8 Å². The Kier molecular flexibility index (Phi) is 6.68. The molecular weight excluding hydrogens is 406 g/mol. The highest BCUT2D eigenvalue weighted by Gasteiger charge is 2.09. The molecule has 3 rings (SSSR count). The fourth-order valence-electron chi connectivity index (χ4n) is 2.24. The molecule has 0 fully saturated rings. The van der Waals surface area contributed by atoms with E-state index in [9.17, 15) is 9.18 Å². The quantitative estimate of drug-likeness (QED) is 0.583. The predicted molar refractivity (Wildman–Crippen MR) is 105 cm³/mol. The van der Waals surface area contributed by atoms with E-state index >= 15 is 0 Å². The van der Waals surface area contributed by atoms with Gasteiger partial charge in [-0.1, -0.05) is 29.3 Å². The van der Waals surface area contributed by atoms with Gasteiger partial charge in [0.2, 0.25) is 0 Å². The molecule has 0 spiro atoms. The smallest absolute Gasteiger partial charge is 0.258 e. The van der Waals surface area contributed by atoms with Crippen LogP contribution in [0.2, 0.25) is 10.0 Å². The Bertz CT molecular complexity index is 971. The molecule has 8 heteroatoms. The summed E-state index contributed by atoms with van der Waals surface area (Å²) in [6, 6.07) is 12.5. The number of nitrogens with one attached hydrogen (secondary N) is 1. The largest absolute Gasteiger partial charge is 0.484 e. The lowest BCUT2D eigenvalue weighted by molar-refractivity contribution is -0.123. The molecule has 1 aromatic heterocycles. The van der Waals surface area contributed by atoms with Crippen molar-refractivity contribution in [3.8, 4) is 17.2 Å². The van der Waals surface area contributed by atoms with Crippen LogP contribution in [0.1, 0.15) is 5.56 Å². The predicted octanol–water partition coefficient (Wildman–Crippen LogP) is 5.02. The average Bonchev–Trinajstić information content (AvgIpc) is 2.70. The molecule has 0 saturated heterocycles. The van der Waals surface area contributed by atoms with Gasteiger partial charge >= 0.3 is 0 Å². The van der Waals surface area contributed by atoms with Gasteiger partial charge < -0.3 is 14.8 Å². The molecule has 0 atom stereocenters. The lowest BCUT2D eigenvalue weighted by Crippen LogP contribution is -2.28. The van der Waals surface area contributed by atoms with E-state index in [2.05, 4.69) is 10.3 Å². The summed E-state index contributed by atoms with van der Waals surface area (Å²) >= 11 is 11.7. The summed E-state index contributed by atoms with van der Waals surface area (Å²) in [7, 11) is 0. The van der Waals surface area contributed by atoms with Gasteiger partial charge in [0.1, 0.15) is 11.5 Å². The Labute approximate surface area is 171 Å². The third-order valence-electron chi connectivity index (χ3n) is 3.61. The number of halogens is 3. The van der Waals surface area contributed by atoms with Crippen LogP contribution in [0.4, 0.5) is 4.39 Å². The highest BCUT2D eigenvalue weighted by Crippen LogP contribution is 2.26. The summed E-state index contributed by atoms with van der Waals surface area (Å²) in [5.74, 6) is 0.0326. The maximum atomic E-state index is 14.2. The number of amides is 1. The van der Waals surface area contributed by atoms with Crippen molar-refractivity contribution in [2.24, 2.45) is 0 Å². The monoisotopic (exact) mass is 420 g/mol. The number of hydrogen-bond donors (Lipinski definition) is 1. The van der Waals surface area contributed by atoms with Crippen LogP contribution in [0, 0.1) is 5.82 Å². The fraction of sp³-hybridized carbons (Fsp3) is 0.100. The van der Waals surface area contributed by atoms with Crippen LogP contribution in [0.25, 0.3) is 0 Å². The average molecular weight is 421 g/mol. The number of rotatable bonds is 7. The minimum Gasteiger partial charge on any atom is -0.484 e. The second-order valence-corrected chi connectivity index (χ2v) is 6.51. The summed E-state index contributed by atoms with van der Waals surface area (Å²) in [4.78, 5) is 15.8. The van der Waals surface area contributed by atoms with Crippen LogP contribution in [0.3, 0.4) is 0 Å². The number of hydrogen-bond acceptors (Lipinski definition) is 4. The standard InChI is InChI=1S/C20H15Cl2FN2O3/c21-16-5-4-14(9-17(16)22)27-12-20(26)25-10-13-3-6-19(18(23)8-13)28-15-2-1-7-24-11-15/h1-9,11H,10,12H2,(H,25,26). The number of benzene rings is 2. The minimum absolute atomic E-state index is 0.0750. The molecule has 28 heavy (non-hydrogen) atoms. The van der Waals surface area contributed by atoms with Crippen molar-refractivity contribution in [2.75, 3.05) is 6.61 Å². The summed E-state index contributed by atoms with van der Waals surface area (Å²) in [6.45, 7) is -0.0592. The topological polar surface area (TPSA) is 60.5 Å². The number of ether oxygens (including phenoxy) is 2. The maximum Gasteiger partial charge on any atom is 0.258 e. The van der Waals surface area contributed by atoms with E-state index in [1.54, 1.807) is 36.5 Å². The first-order chi connectivity index (χ1) is 13.5. The van der Waals surface area contributed by atoms with Crippen LogP contribution in [-0.2, 0) is 11.3 Å². The molecule has 2 aromatic carbocycles. The summed E-state index contributed by atoms with van der Waals surface area (Å²) in [5.41, 5.74) is 0.582. The first kappa shape index (κ1) is 19.9. The van der Waals surface area contributed by atoms with Gasteiger partial charge in [0.05, 0.1) is 16.2 Å². The molecule has 0 saturated carbocycles. The number of carbonyl (C=O) groups is 1. The van der Waals surface area contributed by atoms with Gasteiger partial charge in [-0.3, -0.25) is 9.78 Å². The van der Waals surface area contributed by atoms with Crippen molar-refractivity contribution in [1.82, 2.24) is 10.3 Å². The number of nitrogens with zero attached hydrogens (tertiary/aromatic N) is 1. The molecule has 0 radical (unpaired) electrons. The summed E-state index contributed by atoms with van der Waals surface area (Å²) < 4.78 is 25.0. The van der Waals surface area contributed by atoms with E-state index in [4.69, 9.17) is 32.7 Å². The zero-order valence-electron chi connectivity index (χ0n) is 14.5. The Morgan fingerprint density at radius 2 is 1.93 bits per heavy atom. The van der Waals surface area contributed by atoms with Crippen LogP contribution in [0.15, 0.2) is 60.9 Å². The molecule has 0 aliphatic carbocycles. The van der Waals surface area contributed by atoms with Crippen molar-refractivity contribution in [3.05, 3.63) is 82.4 Å². The first-order valence-electron chi connectivity index (χ1n) is 8.22. The minimum atomic E-state index is -0.539. The Morgan fingerprint density at radius 3 is 2.64 bits per heavy atom. The van der Waals surface area contributed by atoms with Gasteiger partial charge in [-0.05, 0) is 42.0 Å². The van der Waals surface area contributed by atoms with Gasteiger partial charge in [0.25, 0.3) is 5.91 Å². The van der Waals surface area contributed by atoms with Crippen molar-refractivity contribution in [1.29, 1.82) is 0 Å². The highest BCUT2D eigenvalue weighted by molar-refractivity contribution is 6.42. The summed E-state index contributed by atoms with van der Waals surface area (Å²) in [5, 5.41) is 3.39. The lowest BCUT2D eigenvalue weighted by atomic mass is 10.2. The third kappa shape index (κ3) is 5.58. The first-order valence-corrected chi connectivity index (χ1v) is 8.98. The molecule has 1 amide bonds. The van der Waals surface area contributed by atoms with Gasteiger partial charge in [0, 0.05) is 18.8 Å². The molecule has 0 unspecified atom stereocenters. The van der Waals surface area contributed by atoms with Crippen molar-refractivity contribution in [3.63, 3.8) is 0 Å². The molecular formula is C20H15Cl2FN2O3. The van der Waals surface area contributed by atoms with E-state index in [1.165, 1.54) is 24.4 Å². The van der Waals surface area contributed by atoms with Crippen LogP contribution >= 0.6 is 23.2 Å². The molecule has 3 aromatic rings. The number of pyridine rings is 1. The zero-order chi connectivity index (χ0) is 19.9. The van der Waals surface area contributed by atoms with E-state index < -0.39 is 5.82 Å². The maximum absolute atomic E-state index is 14.2. The van der Waals surface area contributed by atoms with Crippen molar-refractivity contribution < 1.29 is 18.7 Å². The van der Waals surface area contributed by atoms with Gasteiger partial charge in [-0.2, -0.15) is 0 Å². The number of carbonyl (C=O) groups excluding carboxylic acids is 1. The van der Waals surface area contributed by atoms with E-state index in [0.29, 0.717) is 27.1 Å². The molecule has 0 aliphatic heterocycles. The Morgan fingerprint density at radius 1 is 1.07 bits per heavy atom. The lowest BCUT2D eigenvalue weighted by Gasteiger charge is -2.10. The van der Waals surface area contributed by atoms with Crippen LogP contribution in [-0.4, -0.2) is 17.5 Å². The Balaban J connectivity index is 1.50. The fourth-order valence-corrected chi connectivity index (χ4v) is 2.53. The van der Waals surface area contributed by atoms with Crippen LogP contribution < -0.4 is 14.8 Å². The SMILES string of the molecule is O=C(COc1ccc(Cl)c(Cl)c1)NCc1ccc(Oc2cccnc2)c(F)c1. The second kappa shape index (κ2) is 9.39. The van der Waals surface area contributed by atoms with Gasteiger partial charge in [0.15, 0.2) is 18.2 Å². The zero-order valence-corrected chi connectivity index (χ0v) is 16.0. The van der Waals surface area contributed by atoms with Crippen molar-refractivity contribution >= 4 is 29.1 Å². The third-order valence-corrected chi connectivity index (χ3v) is 4.35. The van der Waals surface area contributed by atoms with E-state index in [0.717, 1.165) is 0 Å². The molecule has 0 aliphatic rings. The molecule has 1 heterocycles. The van der Waals surface area contributed by atoms with Crippen molar-refractivity contribution in [2.45, 2.75) is 6.54 Å². The molecule has 0 bridgehead atoms. The highest BCUT2D eigenvalue weighted by atomic mass is 35.5. The second-order valence-electron chi connectivity index (χ2n) is 5.70.